The number of ether oxygens (including phenoxy) is 2. The number of carbonyl (C=O) groups is 1. The van der Waals surface area contributed by atoms with Gasteiger partial charge in [0.1, 0.15) is 11.8 Å². The molecule has 3 heterocycles. The Balaban J connectivity index is 1.44. The first-order valence-electron chi connectivity index (χ1n) is 9.38. The van der Waals surface area contributed by atoms with Gasteiger partial charge in [-0.2, -0.15) is 4.98 Å². The van der Waals surface area contributed by atoms with E-state index in [1.54, 1.807) is 12.0 Å². The van der Waals surface area contributed by atoms with Crippen LogP contribution in [0.15, 0.2) is 28.8 Å². The van der Waals surface area contributed by atoms with Crippen molar-refractivity contribution in [2.75, 3.05) is 26.8 Å². The Morgan fingerprint density at radius 1 is 1.37 bits per heavy atom. The van der Waals surface area contributed by atoms with Crippen molar-refractivity contribution in [3.63, 3.8) is 0 Å². The summed E-state index contributed by atoms with van der Waals surface area (Å²) in [5, 5.41) is 7.06. The van der Waals surface area contributed by atoms with Crippen LogP contribution in [0.4, 0.5) is 4.79 Å². The molecule has 27 heavy (non-hydrogen) atoms. The SMILES string of the molecule is COc1cccc(-c2noc([C@@H]3CCCN3C(=O)NC[C@H]3CCCO3)n2)c1. The summed E-state index contributed by atoms with van der Waals surface area (Å²) < 4.78 is 16.3. The zero-order chi connectivity index (χ0) is 18.6. The zero-order valence-electron chi connectivity index (χ0n) is 15.4. The van der Waals surface area contributed by atoms with Crippen LogP contribution in [0.3, 0.4) is 0 Å². The number of hydrogen-bond acceptors (Lipinski definition) is 6. The van der Waals surface area contributed by atoms with Crippen molar-refractivity contribution in [1.82, 2.24) is 20.4 Å². The van der Waals surface area contributed by atoms with Crippen LogP contribution >= 0.6 is 0 Å². The Labute approximate surface area is 157 Å². The lowest BCUT2D eigenvalue weighted by atomic mass is 10.2. The third-order valence-electron chi connectivity index (χ3n) is 5.07. The molecule has 0 radical (unpaired) electrons. The van der Waals surface area contributed by atoms with Gasteiger partial charge in [0.05, 0.1) is 13.2 Å². The number of hydrogen-bond donors (Lipinski definition) is 1. The first kappa shape index (κ1) is 17.8. The van der Waals surface area contributed by atoms with Crippen LogP contribution in [0.25, 0.3) is 11.4 Å². The first-order valence-corrected chi connectivity index (χ1v) is 9.38. The monoisotopic (exact) mass is 372 g/mol. The Morgan fingerprint density at radius 2 is 2.30 bits per heavy atom. The van der Waals surface area contributed by atoms with Crippen LogP contribution in [-0.4, -0.2) is 54.0 Å². The van der Waals surface area contributed by atoms with Gasteiger partial charge in [0.25, 0.3) is 0 Å². The third-order valence-corrected chi connectivity index (χ3v) is 5.07. The zero-order valence-corrected chi connectivity index (χ0v) is 15.4. The summed E-state index contributed by atoms with van der Waals surface area (Å²) in [4.78, 5) is 18.9. The van der Waals surface area contributed by atoms with Crippen LogP contribution in [0, 0.1) is 0 Å². The molecule has 1 aromatic carbocycles. The molecule has 144 valence electrons. The Morgan fingerprint density at radius 3 is 3.11 bits per heavy atom. The molecule has 2 aliphatic rings. The predicted octanol–water partition coefficient (Wildman–Crippen LogP) is 2.77. The van der Waals surface area contributed by atoms with E-state index in [4.69, 9.17) is 14.0 Å². The van der Waals surface area contributed by atoms with Crippen LogP contribution in [0.1, 0.15) is 37.6 Å². The summed E-state index contributed by atoms with van der Waals surface area (Å²) in [5.41, 5.74) is 0.816. The van der Waals surface area contributed by atoms with Gasteiger partial charge >= 0.3 is 6.03 Å². The highest BCUT2D eigenvalue weighted by Crippen LogP contribution is 2.32. The van der Waals surface area contributed by atoms with E-state index in [1.165, 1.54) is 0 Å². The molecule has 2 amide bonds. The van der Waals surface area contributed by atoms with Crippen molar-refractivity contribution in [2.45, 2.75) is 37.8 Å². The van der Waals surface area contributed by atoms with Crippen LogP contribution in [0.5, 0.6) is 5.75 Å². The molecule has 2 fully saturated rings. The van der Waals surface area contributed by atoms with Crippen LogP contribution < -0.4 is 10.1 Å². The van der Waals surface area contributed by atoms with Gasteiger partial charge < -0.3 is 24.2 Å². The van der Waals surface area contributed by atoms with E-state index in [0.717, 1.165) is 43.6 Å². The fourth-order valence-corrected chi connectivity index (χ4v) is 3.62. The first-order chi connectivity index (χ1) is 13.2. The highest BCUT2D eigenvalue weighted by Gasteiger charge is 2.34. The van der Waals surface area contributed by atoms with E-state index >= 15 is 0 Å². The highest BCUT2D eigenvalue weighted by atomic mass is 16.5. The minimum Gasteiger partial charge on any atom is -0.497 e. The van der Waals surface area contributed by atoms with Crippen molar-refractivity contribution < 1.29 is 18.8 Å². The molecular weight excluding hydrogens is 348 g/mol. The number of carbonyl (C=O) groups excluding carboxylic acids is 1. The second-order valence-corrected chi connectivity index (χ2v) is 6.86. The van der Waals surface area contributed by atoms with E-state index in [-0.39, 0.29) is 18.2 Å². The molecule has 4 rings (SSSR count). The maximum Gasteiger partial charge on any atom is 0.318 e. The molecule has 2 atom stereocenters. The number of nitrogens with one attached hydrogen (secondary N) is 1. The van der Waals surface area contributed by atoms with Gasteiger partial charge in [-0.3, -0.25) is 0 Å². The molecular formula is C19H24N4O4. The predicted molar refractivity (Wildman–Crippen MR) is 97.3 cm³/mol. The van der Waals surface area contributed by atoms with Crippen molar-refractivity contribution in [1.29, 1.82) is 0 Å². The third kappa shape index (κ3) is 3.90. The maximum atomic E-state index is 12.6. The molecule has 0 unspecified atom stereocenters. The quantitative estimate of drug-likeness (QED) is 0.868. The van der Waals surface area contributed by atoms with E-state index in [2.05, 4.69) is 15.5 Å². The van der Waals surface area contributed by atoms with Gasteiger partial charge in [-0.15, -0.1) is 0 Å². The molecule has 2 aliphatic heterocycles. The van der Waals surface area contributed by atoms with Gasteiger partial charge in [0.15, 0.2) is 0 Å². The molecule has 1 aromatic heterocycles. The molecule has 8 heteroatoms. The largest absolute Gasteiger partial charge is 0.497 e. The van der Waals surface area contributed by atoms with Crippen LogP contribution in [0.2, 0.25) is 0 Å². The second kappa shape index (κ2) is 7.96. The van der Waals surface area contributed by atoms with E-state index in [1.807, 2.05) is 24.3 Å². The minimum absolute atomic E-state index is 0.103. The van der Waals surface area contributed by atoms with E-state index in [9.17, 15) is 4.79 Å². The minimum atomic E-state index is -0.193. The Hall–Kier alpha value is -2.61. The summed E-state index contributed by atoms with van der Waals surface area (Å²) in [6.45, 7) is 2.00. The van der Waals surface area contributed by atoms with Crippen molar-refractivity contribution in [3.8, 4) is 17.1 Å². The van der Waals surface area contributed by atoms with Gasteiger partial charge in [0.2, 0.25) is 11.7 Å². The summed E-state index contributed by atoms with van der Waals surface area (Å²) in [7, 11) is 1.62. The molecule has 0 spiro atoms. The second-order valence-electron chi connectivity index (χ2n) is 6.86. The van der Waals surface area contributed by atoms with Crippen molar-refractivity contribution in [2.24, 2.45) is 0 Å². The lowest BCUT2D eigenvalue weighted by Crippen LogP contribution is -2.42. The topological polar surface area (TPSA) is 89.7 Å². The molecule has 1 N–H and O–H groups in total. The molecule has 2 aromatic rings. The lowest BCUT2D eigenvalue weighted by Gasteiger charge is -2.23. The van der Waals surface area contributed by atoms with Gasteiger partial charge in [-0.05, 0) is 37.8 Å². The number of likely N-dealkylation sites (tertiary alicyclic amines) is 1. The molecule has 0 bridgehead atoms. The normalized spacial score (nSPS) is 22.2. The number of amides is 2. The number of methoxy groups -OCH3 is 1. The number of benzene rings is 1. The Kier molecular flexibility index (Phi) is 5.24. The fraction of sp³-hybridized carbons (Fsp3) is 0.526. The fourth-order valence-electron chi connectivity index (χ4n) is 3.62. The van der Waals surface area contributed by atoms with E-state index < -0.39 is 0 Å². The van der Waals surface area contributed by atoms with Gasteiger partial charge in [-0.1, -0.05) is 17.3 Å². The average Bonchev–Trinajstić information content (AvgIpc) is 3.47. The average molecular weight is 372 g/mol. The van der Waals surface area contributed by atoms with E-state index in [0.29, 0.717) is 24.8 Å². The molecule has 0 aliphatic carbocycles. The van der Waals surface area contributed by atoms with Gasteiger partial charge in [0, 0.05) is 25.3 Å². The summed E-state index contributed by atoms with van der Waals surface area (Å²) in [6, 6.07) is 7.20. The number of nitrogens with zero attached hydrogens (tertiary/aromatic N) is 3. The Bertz CT molecular complexity index is 788. The highest BCUT2D eigenvalue weighted by molar-refractivity contribution is 5.75. The molecule has 2 saturated heterocycles. The number of rotatable bonds is 5. The molecule has 0 saturated carbocycles. The van der Waals surface area contributed by atoms with Crippen molar-refractivity contribution in [3.05, 3.63) is 30.2 Å². The van der Waals surface area contributed by atoms with Gasteiger partial charge in [-0.25, -0.2) is 4.79 Å². The lowest BCUT2D eigenvalue weighted by molar-refractivity contribution is 0.108. The maximum absolute atomic E-state index is 12.6. The number of aromatic nitrogens is 2. The standard InChI is InChI=1S/C19H24N4O4/c1-25-14-6-2-5-13(11-14)17-21-18(27-22-17)16-8-3-9-23(16)19(24)20-12-15-7-4-10-26-15/h2,5-6,11,15-16H,3-4,7-10,12H2,1H3,(H,20,24)/t15-,16+/m1/s1. The number of urea groups is 1. The summed E-state index contributed by atoms with van der Waals surface area (Å²) in [5.74, 6) is 1.70. The van der Waals surface area contributed by atoms with Crippen LogP contribution in [-0.2, 0) is 4.74 Å². The summed E-state index contributed by atoms with van der Waals surface area (Å²) in [6.07, 6.45) is 3.90. The molecule has 8 nitrogen and oxygen atoms in total. The smallest absolute Gasteiger partial charge is 0.318 e. The van der Waals surface area contributed by atoms with Crippen molar-refractivity contribution >= 4 is 6.03 Å². The summed E-state index contributed by atoms with van der Waals surface area (Å²) >= 11 is 0.